The van der Waals surface area contributed by atoms with Crippen molar-refractivity contribution >= 4 is 15.7 Å². The third kappa shape index (κ3) is 3.33. The first-order valence-electron chi connectivity index (χ1n) is 7.56. The Balaban J connectivity index is 1.84. The predicted molar refractivity (Wildman–Crippen MR) is 88.0 cm³/mol. The molecule has 8 heteroatoms. The van der Waals surface area contributed by atoms with Crippen molar-refractivity contribution in [1.82, 2.24) is 10.2 Å². The van der Waals surface area contributed by atoms with E-state index in [4.69, 9.17) is 8.83 Å². The first-order valence-corrected chi connectivity index (χ1v) is 9.04. The topological polar surface area (TPSA) is 98.2 Å². The Morgan fingerprint density at radius 3 is 2.58 bits per heavy atom. The fraction of sp³-hybridized carbons (Fsp3) is 0.250. The molecular weight excluding hydrogens is 330 g/mol. The van der Waals surface area contributed by atoms with Crippen LogP contribution in [-0.4, -0.2) is 18.6 Å². The Labute approximate surface area is 139 Å². The number of hydrogen-bond acceptors (Lipinski definition) is 6. The summed E-state index contributed by atoms with van der Waals surface area (Å²) in [5.41, 5.74) is 1.52. The lowest BCUT2D eigenvalue weighted by molar-refractivity contribution is 0.436. The number of benzene rings is 1. The van der Waals surface area contributed by atoms with E-state index in [9.17, 15) is 8.42 Å². The van der Waals surface area contributed by atoms with E-state index in [0.29, 0.717) is 18.0 Å². The SMILES string of the molecule is CCc1cccc(NS(=O)(=O)c2ccc(-c3nnc(CC)o3)o2)c1. The maximum absolute atomic E-state index is 12.4. The summed E-state index contributed by atoms with van der Waals surface area (Å²) < 4.78 is 38.1. The molecule has 0 amide bonds. The number of aromatic nitrogens is 2. The first kappa shape index (κ1) is 16.3. The van der Waals surface area contributed by atoms with Crippen molar-refractivity contribution in [2.24, 2.45) is 0 Å². The highest BCUT2D eigenvalue weighted by atomic mass is 32.2. The molecule has 126 valence electrons. The molecular formula is C16H17N3O4S. The molecule has 0 spiro atoms. The van der Waals surface area contributed by atoms with Crippen LogP contribution in [0.25, 0.3) is 11.7 Å². The number of sulfonamides is 1. The van der Waals surface area contributed by atoms with Gasteiger partial charge in [0.25, 0.3) is 15.9 Å². The van der Waals surface area contributed by atoms with Crippen LogP contribution >= 0.6 is 0 Å². The van der Waals surface area contributed by atoms with Crippen LogP contribution in [0.1, 0.15) is 25.3 Å². The van der Waals surface area contributed by atoms with Gasteiger partial charge in [-0.1, -0.05) is 26.0 Å². The molecule has 0 atom stereocenters. The van der Waals surface area contributed by atoms with Gasteiger partial charge in [-0.05, 0) is 36.2 Å². The summed E-state index contributed by atoms with van der Waals surface area (Å²) in [7, 11) is -3.83. The van der Waals surface area contributed by atoms with Crippen molar-refractivity contribution in [2.45, 2.75) is 31.8 Å². The summed E-state index contributed by atoms with van der Waals surface area (Å²) in [4.78, 5) is 0. The predicted octanol–water partition coefficient (Wildman–Crippen LogP) is 3.26. The van der Waals surface area contributed by atoms with E-state index in [0.717, 1.165) is 12.0 Å². The van der Waals surface area contributed by atoms with Crippen LogP contribution in [-0.2, 0) is 22.9 Å². The molecule has 1 N–H and O–H groups in total. The van der Waals surface area contributed by atoms with E-state index < -0.39 is 10.0 Å². The summed E-state index contributed by atoms with van der Waals surface area (Å²) in [6.45, 7) is 3.88. The molecule has 24 heavy (non-hydrogen) atoms. The number of nitrogens with one attached hydrogen (secondary N) is 1. The monoisotopic (exact) mass is 347 g/mol. The van der Waals surface area contributed by atoms with Crippen molar-refractivity contribution in [2.75, 3.05) is 4.72 Å². The Kier molecular flexibility index (Phi) is 4.39. The van der Waals surface area contributed by atoms with E-state index in [1.54, 1.807) is 18.2 Å². The molecule has 0 saturated carbocycles. The lowest BCUT2D eigenvalue weighted by Crippen LogP contribution is -2.12. The standard InChI is InChI=1S/C16H17N3O4S/c1-3-11-6-5-7-12(10-11)19-24(20,21)15-9-8-13(22-15)16-18-17-14(4-2)23-16/h5-10,19H,3-4H2,1-2H3. The van der Waals surface area contributed by atoms with Crippen LogP contribution in [0.2, 0.25) is 0 Å². The fourth-order valence-corrected chi connectivity index (χ4v) is 3.12. The van der Waals surface area contributed by atoms with Crippen molar-refractivity contribution in [1.29, 1.82) is 0 Å². The normalized spacial score (nSPS) is 11.6. The highest BCUT2D eigenvalue weighted by molar-refractivity contribution is 7.92. The lowest BCUT2D eigenvalue weighted by Gasteiger charge is -2.06. The smallest absolute Gasteiger partial charge is 0.295 e. The van der Waals surface area contributed by atoms with E-state index in [2.05, 4.69) is 14.9 Å². The summed E-state index contributed by atoms with van der Waals surface area (Å²) in [5, 5.41) is 7.45. The van der Waals surface area contributed by atoms with Crippen LogP contribution in [0.15, 0.2) is 50.3 Å². The Morgan fingerprint density at radius 2 is 1.88 bits per heavy atom. The number of aryl methyl sites for hydroxylation is 2. The highest BCUT2D eigenvalue weighted by Gasteiger charge is 2.21. The molecule has 0 aliphatic heterocycles. The van der Waals surface area contributed by atoms with Gasteiger partial charge in [0.1, 0.15) is 0 Å². The number of rotatable bonds is 6. The van der Waals surface area contributed by atoms with Crippen molar-refractivity contribution in [3.8, 4) is 11.7 Å². The van der Waals surface area contributed by atoms with Gasteiger partial charge in [0, 0.05) is 12.1 Å². The molecule has 2 aromatic heterocycles. The zero-order valence-corrected chi connectivity index (χ0v) is 14.1. The second-order valence-corrected chi connectivity index (χ2v) is 6.75. The van der Waals surface area contributed by atoms with Crippen LogP contribution < -0.4 is 4.72 Å². The van der Waals surface area contributed by atoms with Gasteiger partial charge < -0.3 is 8.83 Å². The van der Waals surface area contributed by atoms with Crippen molar-refractivity contribution in [3.63, 3.8) is 0 Å². The number of nitrogens with zero attached hydrogens (tertiary/aromatic N) is 2. The maximum atomic E-state index is 12.4. The first-order chi connectivity index (χ1) is 11.5. The largest absolute Gasteiger partial charge is 0.438 e. The second-order valence-electron chi connectivity index (χ2n) is 5.13. The highest BCUT2D eigenvalue weighted by Crippen LogP contribution is 2.25. The van der Waals surface area contributed by atoms with Crippen molar-refractivity contribution < 1.29 is 17.3 Å². The zero-order valence-electron chi connectivity index (χ0n) is 13.3. The quantitative estimate of drug-likeness (QED) is 0.735. The minimum Gasteiger partial charge on any atom is -0.438 e. The molecule has 0 aliphatic rings. The third-order valence-corrected chi connectivity index (χ3v) is 4.67. The number of anilines is 1. The van der Waals surface area contributed by atoms with Crippen LogP contribution in [0.5, 0.6) is 0 Å². The zero-order chi connectivity index (χ0) is 17.2. The molecule has 0 fully saturated rings. The maximum Gasteiger partial charge on any atom is 0.295 e. The van der Waals surface area contributed by atoms with E-state index in [1.165, 1.54) is 12.1 Å². The minimum atomic E-state index is -3.83. The van der Waals surface area contributed by atoms with Gasteiger partial charge in [-0.2, -0.15) is 8.42 Å². The molecule has 1 aromatic carbocycles. The molecule has 0 aliphatic carbocycles. The third-order valence-electron chi connectivity index (χ3n) is 3.41. The Hall–Kier alpha value is -2.61. The number of furan rings is 1. The summed E-state index contributed by atoms with van der Waals surface area (Å²) in [6.07, 6.45) is 1.41. The van der Waals surface area contributed by atoms with Crippen LogP contribution in [0.4, 0.5) is 5.69 Å². The van der Waals surface area contributed by atoms with E-state index >= 15 is 0 Å². The molecule has 0 bridgehead atoms. The van der Waals surface area contributed by atoms with Gasteiger partial charge in [-0.15, -0.1) is 10.2 Å². The summed E-state index contributed by atoms with van der Waals surface area (Å²) in [5.74, 6) is 0.825. The second kappa shape index (κ2) is 6.48. The number of hydrogen-bond donors (Lipinski definition) is 1. The average Bonchev–Trinajstić information content (AvgIpc) is 3.23. The summed E-state index contributed by atoms with van der Waals surface area (Å²) >= 11 is 0. The van der Waals surface area contributed by atoms with Crippen LogP contribution in [0, 0.1) is 0 Å². The minimum absolute atomic E-state index is 0.154. The Bertz CT molecular complexity index is 944. The average molecular weight is 347 g/mol. The van der Waals surface area contributed by atoms with Gasteiger partial charge in [-0.3, -0.25) is 4.72 Å². The van der Waals surface area contributed by atoms with Gasteiger partial charge in [-0.25, -0.2) is 0 Å². The lowest BCUT2D eigenvalue weighted by atomic mass is 10.1. The molecule has 3 aromatic rings. The molecule has 3 rings (SSSR count). The molecule has 2 heterocycles. The van der Waals surface area contributed by atoms with Crippen LogP contribution in [0.3, 0.4) is 0 Å². The molecule has 0 radical (unpaired) electrons. The molecule has 7 nitrogen and oxygen atoms in total. The summed E-state index contributed by atoms with van der Waals surface area (Å²) in [6, 6.07) is 10.1. The van der Waals surface area contributed by atoms with Crippen molar-refractivity contribution in [3.05, 3.63) is 47.9 Å². The fourth-order valence-electron chi connectivity index (χ4n) is 2.14. The van der Waals surface area contributed by atoms with E-state index in [-0.39, 0.29) is 16.7 Å². The van der Waals surface area contributed by atoms with E-state index in [1.807, 2.05) is 19.9 Å². The van der Waals surface area contributed by atoms with Gasteiger partial charge in [0.05, 0.1) is 0 Å². The Morgan fingerprint density at radius 1 is 1.04 bits per heavy atom. The van der Waals surface area contributed by atoms with Gasteiger partial charge in [0.15, 0.2) is 5.76 Å². The van der Waals surface area contributed by atoms with Gasteiger partial charge in [0.2, 0.25) is 11.0 Å². The van der Waals surface area contributed by atoms with Gasteiger partial charge >= 0.3 is 0 Å². The molecule has 0 unspecified atom stereocenters. The molecule has 0 saturated heterocycles.